The summed E-state index contributed by atoms with van der Waals surface area (Å²) < 4.78 is 1.57. The van der Waals surface area contributed by atoms with Crippen LogP contribution in [0.3, 0.4) is 0 Å². The molecule has 0 saturated carbocycles. The number of aromatic nitrogens is 2. The Balaban J connectivity index is 1.93. The van der Waals surface area contributed by atoms with Crippen LogP contribution < -0.4 is 16.6 Å². The van der Waals surface area contributed by atoms with Gasteiger partial charge in [-0.1, -0.05) is 12.1 Å². The molecule has 1 aromatic heterocycles. The molecule has 6 heteroatoms. The van der Waals surface area contributed by atoms with Crippen molar-refractivity contribution >= 4 is 5.91 Å². The number of amides is 1. The van der Waals surface area contributed by atoms with Gasteiger partial charge in [0, 0.05) is 17.7 Å². The molecule has 0 radical (unpaired) electrons. The molecule has 1 aromatic carbocycles. The number of nitrogens with zero attached hydrogens (tertiary/aromatic N) is 2. The fourth-order valence-corrected chi connectivity index (χ4v) is 2.52. The van der Waals surface area contributed by atoms with E-state index in [1.807, 2.05) is 6.07 Å². The molecule has 6 nitrogen and oxygen atoms in total. The fourth-order valence-electron chi connectivity index (χ4n) is 2.52. The van der Waals surface area contributed by atoms with Gasteiger partial charge in [-0.25, -0.2) is 4.98 Å². The highest BCUT2D eigenvalue weighted by Gasteiger charge is 2.15. The van der Waals surface area contributed by atoms with Gasteiger partial charge in [0.15, 0.2) is 0 Å². The predicted octanol–water partition coefficient (Wildman–Crippen LogP) is 0.0362. The minimum Gasteiger partial charge on any atom is -0.366 e. The summed E-state index contributed by atoms with van der Waals surface area (Å²) in [6.07, 6.45) is 2.26. The van der Waals surface area contributed by atoms with Gasteiger partial charge in [0.05, 0.1) is 18.6 Å². The minimum absolute atomic E-state index is 0.00835. The van der Waals surface area contributed by atoms with Gasteiger partial charge in [-0.05, 0) is 30.7 Å². The van der Waals surface area contributed by atoms with Gasteiger partial charge in [-0.2, -0.15) is 0 Å². The molecule has 0 bridgehead atoms. The van der Waals surface area contributed by atoms with Crippen molar-refractivity contribution in [3.05, 3.63) is 63.3 Å². The third kappa shape index (κ3) is 2.71. The van der Waals surface area contributed by atoms with E-state index in [0.717, 1.165) is 23.4 Å². The van der Waals surface area contributed by atoms with E-state index >= 15 is 0 Å². The molecule has 2 aromatic rings. The second-order valence-electron chi connectivity index (χ2n) is 5.09. The quantitative estimate of drug-likeness (QED) is 0.832. The molecule has 3 N–H and O–H groups in total. The normalized spacial score (nSPS) is 13.7. The molecule has 1 amide bonds. The molecule has 0 saturated heterocycles. The smallest absolute Gasteiger partial charge is 0.257 e. The van der Waals surface area contributed by atoms with Crippen molar-refractivity contribution in [3.63, 3.8) is 0 Å². The monoisotopic (exact) mass is 284 g/mol. The zero-order chi connectivity index (χ0) is 14.8. The topological polar surface area (TPSA) is 90.0 Å². The molecule has 1 aliphatic rings. The van der Waals surface area contributed by atoms with Gasteiger partial charge in [-0.15, -0.1) is 0 Å². The van der Waals surface area contributed by atoms with E-state index < -0.39 is 5.91 Å². The van der Waals surface area contributed by atoms with Gasteiger partial charge in [-0.3, -0.25) is 14.2 Å². The lowest BCUT2D eigenvalue weighted by Gasteiger charge is -2.17. The van der Waals surface area contributed by atoms with Crippen molar-refractivity contribution in [2.24, 2.45) is 5.73 Å². The van der Waals surface area contributed by atoms with Gasteiger partial charge in [0.2, 0.25) is 5.91 Å². The molecular formula is C15H16N4O2. The Morgan fingerprint density at radius 2 is 2.29 bits per heavy atom. The van der Waals surface area contributed by atoms with Crippen molar-refractivity contribution < 1.29 is 4.79 Å². The number of carbonyl (C=O) groups excluding carboxylic acids is 1. The first-order chi connectivity index (χ1) is 10.1. The van der Waals surface area contributed by atoms with Crippen molar-refractivity contribution in [3.8, 4) is 0 Å². The second kappa shape index (κ2) is 5.49. The highest BCUT2D eigenvalue weighted by atomic mass is 16.1. The first-order valence-electron chi connectivity index (χ1n) is 6.82. The molecule has 108 valence electrons. The molecule has 0 spiro atoms. The summed E-state index contributed by atoms with van der Waals surface area (Å²) in [5.41, 5.74) is 8.16. The fraction of sp³-hybridized carbons (Fsp3) is 0.267. The first-order valence-corrected chi connectivity index (χ1v) is 6.82. The summed E-state index contributed by atoms with van der Waals surface area (Å²) in [4.78, 5) is 28.0. The third-order valence-electron chi connectivity index (χ3n) is 3.63. The second-order valence-corrected chi connectivity index (χ2v) is 5.09. The van der Waals surface area contributed by atoms with Crippen LogP contribution in [0.1, 0.15) is 27.2 Å². The van der Waals surface area contributed by atoms with Gasteiger partial charge in [0.25, 0.3) is 5.56 Å². The third-order valence-corrected chi connectivity index (χ3v) is 3.63. The molecule has 0 fully saturated rings. The number of carbonyl (C=O) groups is 1. The molecule has 1 aliphatic heterocycles. The summed E-state index contributed by atoms with van der Waals surface area (Å²) in [6, 6.07) is 6.98. The van der Waals surface area contributed by atoms with E-state index in [2.05, 4.69) is 10.3 Å². The van der Waals surface area contributed by atoms with E-state index in [1.165, 1.54) is 0 Å². The van der Waals surface area contributed by atoms with Crippen LogP contribution in [-0.4, -0.2) is 22.0 Å². The summed E-state index contributed by atoms with van der Waals surface area (Å²) in [7, 11) is 0. The van der Waals surface area contributed by atoms with Crippen molar-refractivity contribution in [2.45, 2.75) is 19.5 Å². The molecular weight excluding hydrogens is 268 g/mol. The molecule has 2 heterocycles. The average Bonchev–Trinajstić information content (AvgIpc) is 2.51. The SMILES string of the molecule is NC(=O)c1cccc(Cn2cnc3c(c2=O)CCNC3)c1. The number of fused-ring (bicyclic) bond motifs is 1. The lowest BCUT2D eigenvalue weighted by atomic mass is 10.1. The van der Waals surface area contributed by atoms with Crippen LogP contribution in [0.5, 0.6) is 0 Å². The predicted molar refractivity (Wildman–Crippen MR) is 78.0 cm³/mol. The molecule has 3 rings (SSSR count). The Labute approximate surface area is 121 Å². The van der Waals surface area contributed by atoms with Crippen LogP contribution >= 0.6 is 0 Å². The summed E-state index contributed by atoms with van der Waals surface area (Å²) in [6.45, 7) is 1.82. The van der Waals surface area contributed by atoms with Gasteiger partial charge in [0.1, 0.15) is 0 Å². The summed E-state index contributed by atoms with van der Waals surface area (Å²) in [5, 5.41) is 3.20. The summed E-state index contributed by atoms with van der Waals surface area (Å²) in [5.74, 6) is -0.473. The van der Waals surface area contributed by atoms with Crippen LogP contribution in [-0.2, 0) is 19.5 Å². The lowest BCUT2D eigenvalue weighted by molar-refractivity contribution is 0.1000. The van der Waals surface area contributed by atoms with Crippen LogP contribution in [0.25, 0.3) is 0 Å². The molecule has 21 heavy (non-hydrogen) atoms. The highest BCUT2D eigenvalue weighted by Crippen LogP contribution is 2.08. The molecule has 0 aliphatic carbocycles. The maximum Gasteiger partial charge on any atom is 0.257 e. The van der Waals surface area contributed by atoms with E-state index in [4.69, 9.17) is 5.73 Å². The number of primary amides is 1. The van der Waals surface area contributed by atoms with Gasteiger partial charge >= 0.3 is 0 Å². The largest absolute Gasteiger partial charge is 0.366 e. The molecule has 0 unspecified atom stereocenters. The maximum absolute atomic E-state index is 12.4. The van der Waals surface area contributed by atoms with E-state index in [1.54, 1.807) is 29.1 Å². The zero-order valence-electron chi connectivity index (χ0n) is 11.5. The number of rotatable bonds is 3. The van der Waals surface area contributed by atoms with E-state index in [9.17, 15) is 9.59 Å². The zero-order valence-corrected chi connectivity index (χ0v) is 11.5. The first kappa shape index (κ1) is 13.5. The van der Waals surface area contributed by atoms with Crippen LogP contribution in [0.2, 0.25) is 0 Å². The number of benzene rings is 1. The standard InChI is InChI=1S/C15H16N4O2/c16-14(20)11-3-1-2-10(6-11)8-19-9-18-13-7-17-5-4-12(13)15(19)21/h1-3,6,9,17H,4-5,7-8H2,(H2,16,20). The maximum atomic E-state index is 12.4. The highest BCUT2D eigenvalue weighted by molar-refractivity contribution is 5.92. The lowest BCUT2D eigenvalue weighted by Crippen LogP contribution is -2.34. The van der Waals surface area contributed by atoms with Crippen molar-refractivity contribution in [1.82, 2.24) is 14.9 Å². The minimum atomic E-state index is -0.473. The number of nitrogens with two attached hydrogens (primary N) is 1. The van der Waals surface area contributed by atoms with E-state index in [-0.39, 0.29) is 5.56 Å². The Hall–Kier alpha value is -2.47. The molecule has 0 atom stereocenters. The van der Waals surface area contributed by atoms with Crippen LogP contribution in [0.15, 0.2) is 35.4 Å². The van der Waals surface area contributed by atoms with Crippen molar-refractivity contribution in [1.29, 1.82) is 0 Å². The van der Waals surface area contributed by atoms with Crippen LogP contribution in [0, 0.1) is 0 Å². The van der Waals surface area contributed by atoms with Crippen LogP contribution in [0.4, 0.5) is 0 Å². The Morgan fingerprint density at radius 1 is 1.43 bits per heavy atom. The number of hydrogen-bond donors (Lipinski definition) is 2. The Bertz CT molecular complexity index is 752. The Morgan fingerprint density at radius 3 is 3.10 bits per heavy atom. The number of hydrogen-bond acceptors (Lipinski definition) is 4. The van der Waals surface area contributed by atoms with Gasteiger partial charge < -0.3 is 11.1 Å². The summed E-state index contributed by atoms with van der Waals surface area (Å²) >= 11 is 0. The van der Waals surface area contributed by atoms with Crippen molar-refractivity contribution in [2.75, 3.05) is 6.54 Å². The Kier molecular flexibility index (Phi) is 3.53. The average molecular weight is 284 g/mol. The number of nitrogens with one attached hydrogen (secondary N) is 1. The van der Waals surface area contributed by atoms with E-state index in [0.29, 0.717) is 25.1 Å².